The topological polar surface area (TPSA) is 38.9 Å². The second kappa shape index (κ2) is 4.19. The number of nitrogens with zero attached hydrogens (tertiary/aromatic N) is 2. The fraction of sp³-hybridized carbons (Fsp3) is 0.250. The SMILES string of the molecule is CC(C)(C)c1nnc(-c2cccc3ccccc23)o1. The summed E-state index contributed by atoms with van der Waals surface area (Å²) in [5.74, 6) is 1.25. The van der Waals surface area contributed by atoms with Crippen LogP contribution in [0.5, 0.6) is 0 Å². The number of benzene rings is 2. The first-order valence-electron chi connectivity index (χ1n) is 6.38. The van der Waals surface area contributed by atoms with Gasteiger partial charge < -0.3 is 4.42 Å². The highest BCUT2D eigenvalue weighted by Gasteiger charge is 2.22. The van der Waals surface area contributed by atoms with E-state index in [0.29, 0.717) is 11.8 Å². The van der Waals surface area contributed by atoms with Gasteiger partial charge in [-0.2, -0.15) is 0 Å². The maximum atomic E-state index is 5.82. The Labute approximate surface area is 112 Å². The molecule has 1 heterocycles. The van der Waals surface area contributed by atoms with Crippen molar-refractivity contribution >= 4 is 10.8 Å². The first-order chi connectivity index (χ1) is 9.05. The average Bonchev–Trinajstić information content (AvgIpc) is 2.87. The van der Waals surface area contributed by atoms with Crippen LogP contribution in [-0.2, 0) is 5.41 Å². The van der Waals surface area contributed by atoms with Crippen molar-refractivity contribution in [1.82, 2.24) is 10.2 Å². The predicted molar refractivity (Wildman–Crippen MR) is 75.9 cm³/mol. The zero-order valence-corrected chi connectivity index (χ0v) is 11.3. The minimum Gasteiger partial charge on any atom is -0.420 e. The summed E-state index contributed by atoms with van der Waals surface area (Å²) in [5.41, 5.74) is 0.858. The Kier molecular flexibility index (Phi) is 2.63. The lowest BCUT2D eigenvalue weighted by atomic mass is 9.97. The smallest absolute Gasteiger partial charge is 0.248 e. The molecule has 1 aromatic heterocycles. The number of rotatable bonds is 1. The van der Waals surface area contributed by atoms with E-state index in [-0.39, 0.29) is 5.41 Å². The molecule has 19 heavy (non-hydrogen) atoms. The molecule has 3 aromatic rings. The number of aromatic nitrogens is 2. The largest absolute Gasteiger partial charge is 0.420 e. The molecule has 0 unspecified atom stereocenters. The number of fused-ring (bicyclic) bond motifs is 1. The molecule has 2 aromatic carbocycles. The third kappa shape index (κ3) is 2.12. The van der Waals surface area contributed by atoms with Gasteiger partial charge in [-0.3, -0.25) is 0 Å². The second-order valence-corrected chi connectivity index (χ2v) is 5.69. The molecular weight excluding hydrogens is 236 g/mol. The fourth-order valence-electron chi connectivity index (χ4n) is 2.05. The van der Waals surface area contributed by atoms with Crippen molar-refractivity contribution in [2.24, 2.45) is 0 Å². The summed E-state index contributed by atoms with van der Waals surface area (Å²) in [6.45, 7) is 6.19. The van der Waals surface area contributed by atoms with Crippen molar-refractivity contribution in [2.45, 2.75) is 26.2 Å². The lowest BCUT2D eigenvalue weighted by Gasteiger charge is -2.11. The highest BCUT2D eigenvalue weighted by Crippen LogP contribution is 2.30. The Hall–Kier alpha value is -2.16. The van der Waals surface area contributed by atoms with E-state index in [2.05, 4.69) is 49.2 Å². The van der Waals surface area contributed by atoms with Gasteiger partial charge in [-0.1, -0.05) is 57.2 Å². The lowest BCUT2D eigenvalue weighted by molar-refractivity contribution is 0.399. The van der Waals surface area contributed by atoms with Gasteiger partial charge in [0.15, 0.2) is 0 Å². The Balaban J connectivity index is 2.17. The normalized spacial score (nSPS) is 11.9. The van der Waals surface area contributed by atoms with Gasteiger partial charge in [-0.25, -0.2) is 0 Å². The van der Waals surface area contributed by atoms with Crippen molar-refractivity contribution in [1.29, 1.82) is 0 Å². The zero-order valence-electron chi connectivity index (χ0n) is 11.3. The summed E-state index contributed by atoms with van der Waals surface area (Å²) in [7, 11) is 0. The van der Waals surface area contributed by atoms with Crippen LogP contribution in [0.25, 0.3) is 22.2 Å². The van der Waals surface area contributed by atoms with E-state index in [1.165, 1.54) is 5.39 Å². The third-order valence-corrected chi connectivity index (χ3v) is 3.09. The second-order valence-electron chi connectivity index (χ2n) is 5.69. The van der Waals surface area contributed by atoms with Gasteiger partial charge in [-0.05, 0) is 16.8 Å². The van der Waals surface area contributed by atoms with E-state index in [1.807, 2.05) is 24.3 Å². The molecule has 3 nitrogen and oxygen atoms in total. The first kappa shape index (κ1) is 11.9. The summed E-state index contributed by atoms with van der Waals surface area (Å²) in [5, 5.41) is 10.7. The lowest BCUT2D eigenvalue weighted by Crippen LogP contribution is -2.11. The highest BCUT2D eigenvalue weighted by molar-refractivity contribution is 5.94. The van der Waals surface area contributed by atoms with Crippen molar-refractivity contribution in [3.8, 4) is 11.5 Å². The Bertz CT molecular complexity index is 717. The summed E-state index contributed by atoms with van der Waals surface area (Å²) in [6.07, 6.45) is 0. The molecule has 0 saturated carbocycles. The van der Waals surface area contributed by atoms with Crippen LogP contribution in [0.3, 0.4) is 0 Å². The maximum Gasteiger partial charge on any atom is 0.248 e. The molecule has 3 heteroatoms. The molecule has 3 rings (SSSR count). The molecule has 0 amide bonds. The minimum atomic E-state index is -0.129. The summed E-state index contributed by atoms with van der Waals surface area (Å²) in [4.78, 5) is 0. The van der Waals surface area contributed by atoms with Gasteiger partial charge in [-0.15, -0.1) is 10.2 Å². The predicted octanol–water partition coefficient (Wildman–Crippen LogP) is 4.19. The summed E-state index contributed by atoms with van der Waals surface area (Å²) < 4.78 is 5.82. The van der Waals surface area contributed by atoms with Gasteiger partial charge >= 0.3 is 0 Å². The fourth-order valence-corrected chi connectivity index (χ4v) is 2.05. The zero-order chi connectivity index (χ0) is 13.5. The number of hydrogen-bond donors (Lipinski definition) is 0. The summed E-state index contributed by atoms with van der Waals surface area (Å²) >= 11 is 0. The van der Waals surface area contributed by atoms with E-state index >= 15 is 0 Å². The van der Waals surface area contributed by atoms with Crippen LogP contribution in [0.1, 0.15) is 26.7 Å². The number of hydrogen-bond acceptors (Lipinski definition) is 3. The molecule has 0 spiro atoms. The monoisotopic (exact) mass is 252 g/mol. The molecule has 0 aliphatic heterocycles. The maximum absolute atomic E-state index is 5.82. The molecule has 0 aliphatic carbocycles. The minimum absolute atomic E-state index is 0.129. The van der Waals surface area contributed by atoms with Gasteiger partial charge in [0.05, 0.1) is 0 Å². The van der Waals surface area contributed by atoms with E-state index in [0.717, 1.165) is 10.9 Å². The van der Waals surface area contributed by atoms with Crippen LogP contribution >= 0.6 is 0 Å². The van der Waals surface area contributed by atoms with E-state index in [1.54, 1.807) is 0 Å². The third-order valence-electron chi connectivity index (χ3n) is 3.09. The van der Waals surface area contributed by atoms with E-state index in [9.17, 15) is 0 Å². The van der Waals surface area contributed by atoms with Crippen molar-refractivity contribution in [3.05, 3.63) is 48.4 Å². The first-order valence-corrected chi connectivity index (χ1v) is 6.38. The van der Waals surface area contributed by atoms with Gasteiger partial charge in [0.25, 0.3) is 0 Å². The van der Waals surface area contributed by atoms with Crippen molar-refractivity contribution in [3.63, 3.8) is 0 Å². The van der Waals surface area contributed by atoms with Crippen LogP contribution in [0.4, 0.5) is 0 Å². The van der Waals surface area contributed by atoms with Gasteiger partial charge in [0.2, 0.25) is 11.8 Å². The van der Waals surface area contributed by atoms with Crippen LogP contribution in [0.15, 0.2) is 46.9 Å². The van der Waals surface area contributed by atoms with Crippen LogP contribution in [0, 0.1) is 0 Å². The Morgan fingerprint density at radius 3 is 2.37 bits per heavy atom. The highest BCUT2D eigenvalue weighted by atomic mass is 16.4. The summed E-state index contributed by atoms with van der Waals surface area (Å²) in [6, 6.07) is 14.3. The van der Waals surface area contributed by atoms with Gasteiger partial charge in [0.1, 0.15) is 0 Å². The standard InChI is InChI=1S/C16H16N2O/c1-16(2,3)15-18-17-14(19-15)13-10-6-8-11-7-4-5-9-12(11)13/h4-10H,1-3H3. The molecule has 0 radical (unpaired) electrons. The van der Waals surface area contributed by atoms with Crippen molar-refractivity contribution in [2.75, 3.05) is 0 Å². The Morgan fingerprint density at radius 1 is 0.895 bits per heavy atom. The quantitative estimate of drug-likeness (QED) is 0.652. The molecule has 0 aliphatic rings. The average molecular weight is 252 g/mol. The molecule has 0 atom stereocenters. The molecule has 0 fully saturated rings. The van der Waals surface area contributed by atoms with E-state index in [4.69, 9.17) is 4.42 Å². The molecule has 0 bridgehead atoms. The van der Waals surface area contributed by atoms with Gasteiger partial charge in [0, 0.05) is 11.0 Å². The molecule has 96 valence electrons. The Morgan fingerprint density at radius 2 is 1.63 bits per heavy atom. The van der Waals surface area contributed by atoms with Crippen LogP contribution in [-0.4, -0.2) is 10.2 Å². The molecular formula is C16H16N2O. The molecule has 0 saturated heterocycles. The van der Waals surface area contributed by atoms with E-state index < -0.39 is 0 Å². The molecule has 0 N–H and O–H groups in total. The van der Waals surface area contributed by atoms with Crippen molar-refractivity contribution < 1.29 is 4.42 Å². The van der Waals surface area contributed by atoms with Crippen LogP contribution in [0.2, 0.25) is 0 Å². The van der Waals surface area contributed by atoms with Crippen LogP contribution < -0.4 is 0 Å².